The van der Waals surface area contributed by atoms with Gasteiger partial charge >= 0.3 is 0 Å². The first-order valence-corrected chi connectivity index (χ1v) is 6.69. The lowest BCUT2D eigenvalue weighted by Gasteiger charge is -2.21. The molecule has 96 valence electrons. The number of nitrogens with zero attached hydrogens (tertiary/aromatic N) is 1. The van der Waals surface area contributed by atoms with Gasteiger partial charge in [-0.1, -0.05) is 32.4 Å². The summed E-state index contributed by atoms with van der Waals surface area (Å²) in [6.45, 7) is 5.56. The van der Waals surface area contributed by atoms with Gasteiger partial charge in [0.1, 0.15) is 0 Å². The number of anilines is 1. The van der Waals surface area contributed by atoms with Crippen LogP contribution in [0.3, 0.4) is 0 Å². The number of benzene rings is 1. The molecule has 0 heterocycles. The molecule has 1 rings (SSSR count). The zero-order valence-corrected chi connectivity index (χ0v) is 11.7. The molecule has 17 heavy (non-hydrogen) atoms. The summed E-state index contributed by atoms with van der Waals surface area (Å²) in [4.78, 5) is 2.16. The van der Waals surface area contributed by atoms with Crippen LogP contribution in [0.25, 0.3) is 0 Å². The lowest BCUT2D eigenvalue weighted by molar-refractivity contribution is 0.494. The van der Waals surface area contributed by atoms with Crippen LogP contribution < -0.4 is 10.2 Å². The average Bonchev–Trinajstić information content (AvgIpc) is 2.34. The van der Waals surface area contributed by atoms with Gasteiger partial charge in [-0.2, -0.15) is 0 Å². The maximum Gasteiger partial charge on any atom is 0.0364 e. The second-order valence-corrected chi connectivity index (χ2v) is 4.78. The Morgan fingerprint density at radius 2 is 1.94 bits per heavy atom. The van der Waals surface area contributed by atoms with Crippen LogP contribution in [0.15, 0.2) is 24.3 Å². The Labute approximate surface area is 106 Å². The second-order valence-electron chi connectivity index (χ2n) is 4.78. The van der Waals surface area contributed by atoms with Gasteiger partial charge in [0.15, 0.2) is 0 Å². The van der Waals surface area contributed by atoms with E-state index in [1.54, 1.807) is 0 Å². The predicted octanol–water partition coefficient (Wildman–Crippen LogP) is 3.59. The zero-order valence-electron chi connectivity index (χ0n) is 11.7. The van der Waals surface area contributed by atoms with Crippen LogP contribution in [0.5, 0.6) is 0 Å². The van der Waals surface area contributed by atoms with Crippen LogP contribution in [0, 0.1) is 0 Å². The van der Waals surface area contributed by atoms with Crippen molar-refractivity contribution in [2.45, 2.75) is 39.2 Å². The van der Waals surface area contributed by atoms with Crippen molar-refractivity contribution in [2.24, 2.45) is 0 Å². The summed E-state index contributed by atoms with van der Waals surface area (Å²) in [5.41, 5.74) is 2.69. The van der Waals surface area contributed by atoms with E-state index in [0.717, 1.165) is 6.54 Å². The lowest BCUT2D eigenvalue weighted by Crippen LogP contribution is -2.22. The highest BCUT2D eigenvalue weighted by Crippen LogP contribution is 2.22. The molecule has 0 amide bonds. The molecular weight excluding hydrogens is 208 g/mol. The van der Waals surface area contributed by atoms with Crippen molar-refractivity contribution >= 4 is 5.69 Å². The van der Waals surface area contributed by atoms with Gasteiger partial charge in [-0.05, 0) is 37.1 Å². The summed E-state index contributed by atoms with van der Waals surface area (Å²) in [6, 6.07) is 9.34. The van der Waals surface area contributed by atoms with Crippen molar-refractivity contribution in [1.82, 2.24) is 5.32 Å². The van der Waals surface area contributed by atoms with E-state index in [2.05, 4.69) is 62.4 Å². The van der Waals surface area contributed by atoms with Crippen molar-refractivity contribution in [3.8, 4) is 0 Å². The third-order valence-electron chi connectivity index (χ3n) is 3.01. The molecule has 1 N–H and O–H groups in total. The molecule has 0 aromatic heterocycles. The van der Waals surface area contributed by atoms with Crippen molar-refractivity contribution in [2.75, 3.05) is 25.5 Å². The van der Waals surface area contributed by atoms with E-state index in [1.807, 2.05) is 0 Å². The first-order chi connectivity index (χ1) is 8.19. The van der Waals surface area contributed by atoms with Crippen molar-refractivity contribution in [1.29, 1.82) is 0 Å². The molecular formula is C15H26N2. The molecule has 0 radical (unpaired) electrons. The van der Waals surface area contributed by atoms with Gasteiger partial charge in [0.05, 0.1) is 0 Å². The van der Waals surface area contributed by atoms with E-state index in [-0.39, 0.29) is 0 Å². The van der Waals surface area contributed by atoms with Gasteiger partial charge in [0, 0.05) is 25.8 Å². The Morgan fingerprint density at radius 3 is 2.53 bits per heavy atom. The molecule has 0 saturated carbocycles. The summed E-state index contributed by atoms with van der Waals surface area (Å²) in [7, 11) is 4.18. The molecule has 0 saturated heterocycles. The van der Waals surface area contributed by atoms with E-state index >= 15 is 0 Å². The molecule has 0 bridgehead atoms. The lowest BCUT2D eigenvalue weighted by atomic mass is 10.0. The van der Waals surface area contributed by atoms with Gasteiger partial charge in [0.2, 0.25) is 0 Å². The maximum absolute atomic E-state index is 3.63. The van der Waals surface area contributed by atoms with Crippen molar-refractivity contribution in [3.63, 3.8) is 0 Å². The van der Waals surface area contributed by atoms with Gasteiger partial charge in [0.25, 0.3) is 0 Å². The normalized spacial score (nSPS) is 12.5. The van der Waals surface area contributed by atoms with Crippen molar-refractivity contribution < 1.29 is 0 Å². The third kappa shape index (κ3) is 4.39. The summed E-state index contributed by atoms with van der Waals surface area (Å²) in [6.07, 6.45) is 3.61. The van der Waals surface area contributed by atoms with E-state index in [4.69, 9.17) is 0 Å². The fourth-order valence-corrected chi connectivity index (χ4v) is 2.01. The van der Waals surface area contributed by atoms with E-state index in [0.29, 0.717) is 6.04 Å². The number of nitrogens with one attached hydrogen (secondary N) is 1. The monoisotopic (exact) mass is 234 g/mol. The van der Waals surface area contributed by atoms with E-state index < -0.39 is 0 Å². The summed E-state index contributed by atoms with van der Waals surface area (Å²) >= 11 is 0. The van der Waals surface area contributed by atoms with Crippen LogP contribution in [0.2, 0.25) is 0 Å². The molecule has 0 aliphatic heterocycles. The largest absolute Gasteiger partial charge is 0.378 e. The predicted molar refractivity (Wildman–Crippen MR) is 76.7 cm³/mol. The van der Waals surface area contributed by atoms with E-state index in [9.17, 15) is 0 Å². The summed E-state index contributed by atoms with van der Waals surface area (Å²) in [5, 5.41) is 3.63. The van der Waals surface area contributed by atoms with Crippen LogP contribution >= 0.6 is 0 Å². The van der Waals surface area contributed by atoms with Gasteiger partial charge in [-0.3, -0.25) is 0 Å². The molecule has 2 heteroatoms. The van der Waals surface area contributed by atoms with Crippen LogP contribution in [0.4, 0.5) is 5.69 Å². The maximum atomic E-state index is 3.63. The number of hydrogen-bond donors (Lipinski definition) is 1. The fourth-order valence-electron chi connectivity index (χ4n) is 2.01. The Bertz CT molecular complexity index is 320. The average molecular weight is 234 g/mol. The molecule has 0 spiro atoms. The zero-order chi connectivity index (χ0) is 12.7. The molecule has 0 aliphatic rings. The molecule has 0 fully saturated rings. The molecule has 1 unspecified atom stereocenters. The summed E-state index contributed by atoms with van der Waals surface area (Å²) < 4.78 is 0. The van der Waals surface area contributed by atoms with Gasteiger partial charge in [-0.25, -0.2) is 0 Å². The Balaban J connectivity index is 2.81. The molecule has 0 aliphatic carbocycles. The second kappa shape index (κ2) is 7.33. The highest BCUT2D eigenvalue weighted by molar-refractivity contribution is 5.47. The minimum Gasteiger partial charge on any atom is -0.378 e. The van der Waals surface area contributed by atoms with Gasteiger partial charge < -0.3 is 10.2 Å². The Morgan fingerprint density at radius 1 is 1.18 bits per heavy atom. The SMILES string of the molecule is CCCNC(CCC)c1cccc(N(C)C)c1. The van der Waals surface area contributed by atoms with Crippen LogP contribution in [-0.2, 0) is 0 Å². The van der Waals surface area contributed by atoms with Crippen molar-refractivity contribution in [3.05, 3.63) is 29.8 Å². The standard InChI is InChI=1S/C15H26N2/c1-5-8-15(16-11-6-2)13-9-7-10-14(12-13)17(3)4/h7,9-10,12,15-16H,5-6,8,11H2,1-4H3. The topological polar surface area (TPSA) is 15.3 Å². The fraction of sp³-hybridized carbons (Fsp3) is 0.600. The molecule has 1 aromatic carbocycles. The van der Waals surface area contributed by atoms with Crippen LogP contribution in [-0.4, -0.2) is 20.6 Å². The first kappa shape index (κ1) is 14.0. The van der Waals surface area contributed by atoms with Crippen LogP contribution in [0.1, 0.15) is 44.7 Å². The van der Waals surface area contributed by atoms with Gasteiger partial charge in [-0.15, -0.1) is 0 Å². The highest BCUT2D eigenvalue weighted by Gasteiger charge is 2.10. The minimum absolute atomic E-state index is 0.500. The first-order valence-electron chi connectivity index (χ1n) is 6.69. The highest BCUT2D eigenvalue weighted by atomic mass is 15.1. The molecule has 1 atom stereocenters. The molecule has 1 aromatic rings. The Kier molecular flexibility index (Phi) is 6.06. The quantitative estimate of drug-likeness (QED) is 0.775. The number of rotatable bonds is 7. The smallest absolute Gasteiger partial charge is 0.0364 e. The third-order valence-corrected chi connectivity index (χ3v) is 3.01. The van der Waals surface area contributed by atoms with E-state index in [1.165, 1.54) is 30.5 Å². The minimum atomic E-state index is 0.500. The number of hydrogen-bond acceptors (Lipinski definition) is 2. The summed E-state index contributed by atoms with van der Waals surface area (Å²) in [5.74, 6) is 0. The molecule has 2 nitrogen and oxygen atoms in total. The Hall–Kier alpha value is -1.02.